The van der Waals surface area contributed by atoms with E-state index in [1.54, 1.807) is 24.3 Å². The van der Waals surface area contributed by atoms with Crippen LogP contribution in [0.3, 0.4) is 0 Å². The molecule has 1 atom stereocenters. The van der Waals surface area contributed by atoms with Crippen LogP contribution < -0.4 is 5.32 Å². The molecule has 116 valence electrons. The third-order valence-electron chi connectivity index (χ3n) is 4.16. The number of hydrogen-bond donors (Lipinski definition) is 1. The van der Waals surface area contributed by atoms with Crippen LogP contribution in [0, 0.1) is 0 Å². The summed E-state index contributed by atoms with van der Waals surface area (Å²) in [4.78, 5) is 24.1. The molecule has 0 spiro atoms. The lowest BCUT2D eigenvalue weighted by Gasteiger charge is -2.24. The summed E-state index contributed by atoms with van der Waals surface area (Å²) < 4.78 is 5.19. The van der Waals surface area contributed by atoms with Crippen LogP contribution in [0.5, 0.6) is 0 Å². The largest absolute Gasteiger partial charge is 0.444 e. The van der Waals surface area contributed by atoms with Gasteiger partial charge in [-0.2, -0.15) is 0 Å². The van der Waals surface area contributed by atoms with Gasteiger partial charge in [-0.15, -0.1) is 0 Å². The molecule has 3 rings (SSSR count). The molecule has 1 N–H and O–H groups in total. The number of esters is 1. The molecule has 1 fully saturated rings. The van der Waals surface area contributed by atoms with Crippen LogP contribution in [0.2, 0.25) is 5.02 Å². The van der Waals surface area contributed by atoms with Crippen LogP contribution in [-0.4, -0.2) is 24.0 Å². The first kappa shape index (κ1) is 15.1. The lowest BCUT2D eigenvalue weighted by molar-refractivity contribution is -0.146. The van der Waals surface area contributed by atoms with E-state index in [4.69, 9.17) is 16.3 Å². The van der Waals surface area contributed by atoms with Crippen molar-refractivity contribution in [2.75, 3.05) is 0 Å². The molecule has 0 radical (unpaired) electrons. The number of nitrogens with one attached hydrogen (secondary N) is 1. The van der Waals surface area contributed by atoms with E-state index in [2.05, 4.69) is 5.32 Å². The molecule has 4 nitrogen and oxygen atoms in total. The minimum absolute atomic E-state index is 0.187. The summed E-state index contributed by atoms with van der Waals surface area (Å²) in [7, 11) is 0. The standard InChI is InChI=1S/C17H18ClNO3/c18-12-8-6-11(7-9-12)14-10-15(20)22-16(14)17(21)19-13-4-2-1-3-5-13/h6-10,13,16H,1-5H2,(H,19,21). The Morgan fingerprint density at radius 2 is 1.82 bits per heavy atom. The molecule has 1 aliphatic heterocycles. The van der Waals surface area contributed by atoms with Gasteiger partial charge in [0.25, 0.3) is 5.91 Å². The maximum atomic E-state index is 12.5. The topological polar surface area (TPSA) is 55.4 Å². The Labute approximate surface area is 134 Å². The van der Waals surface area contributed by atoms with Crippen molar-refractivity contribution in [3.05, 3.63) is 40.9 Å². The van der Waals surface area contributed by atoms with E-state index in [0.717, 1.165) is 31.2 Å². The quantitative estimate of drug-likeness (QED) is 0.871. The highest BCUT2D eigenvalue weighted by Crippen LogP contribution is 2.28. The molecule has 1 amide bonds. The van der Waals surface area contributed by atoms with Crippen molar-refractivity contribution in [1.82, 2.24) is 5.32 Å². The lowest BCUT2D eigenvalue weighted by atomic mass is 9.94. The molecule has 1 saturated carbocycles. The average Bonchev–Trinajstić information content (AvgIpc) is 2.91. The van der Waals surface area contributed by atoms with E-state index < -0.39 is 12.1 Å². The molecular formula is C17H18ClNO3. The van der Waals surface area contributed by atoms with Gasteiger partial charge < -0.3 is 10.1 Å². The molecule has 0 aromatic heterocycles. The van der Waals surface area contributed by atoms with Crippen molar-refractivity contribution in [2.45, 2.75) is 44.2 Å². The van der Waals surface area contributed by atoms with Crippen molar-refractivity contribution in [2.24, 2.45) is 0 Å². The van der Waals surface area contributed by atoms with Crippen LogP contribution in [0.15, 0.2) is 30.3 Å². The van der Waals surface area contributed by atoms with Crippen LogP contribution in [0.4, 0.5) is 0 Å². The summed E-state index contributed by atoms with van der Waals surface area (Å²) in [5.74, 6) is -0.715. The zero-order chi connectivity index (χ0) is 15.5. The third kappa shape index (κ3) is 3.33. The second-order valence-electron chi connectivity index (χ2n) is 5.77. The van der Waals surface area contributed by atoms with Gasteiger partial charge in [0, 0.05) is 22.7 Å². The fraction of sp³-hybridized carbons (Fsp3) is 0.412. The summed E-state index contributed by atoms with van der Waals surface area (Å²) in [5, 5.41) is 3.62. The number of carbonyl (C=O) groups is 2. The summed E-state index contributed by atoms with van der Waals surface area (Å²) in [5.41, 5.74) is 1.37. The zero-order valence-corrected chi connectivity index (χ0v) is 12.9. The Balaban J connectivity index is 1.74. The van der Waals surface area contributed by atoms with E-state index in [1.807, 2.05) is 0 Å². The molecule has 2 aliphatic rings. The normalized spacial score (nSPS) is 22.1. The van der Waals surface area contributed by atoms with Crippen LogP contribution >= 0.6 is 11.6 Å². The van der Waals surface area contributed by atoms with Crippen LogP contribution in [-0.2, 0) is 14.3 Å². The molecular weight excluding hydrogens is 302 g/mol. The van der Waals surface area contributed by atoms with Crippen molar-refractivity contribution in [3.8, 4) is 0 Å². The van der Waals surface area contributed by atoms with E-state index in [0.29, 0.717) is 10.6 Å². The predicted molar refractivity (Wildman–Crippen MR) is 84.3 cm³/mol. The van der Waals surface area contributed by atoms with Gasteiger partial charge in [0.1, 0.15) is 0 Å². The van der Waals surface area contributed by atoms with Crippen molar-refractivity contribution in [1.29, 1.82) is 0 Å². The van der Waals surface area contributed by atoms with Gasteiger partial charge in [-0.3, -0.25) is 4.79 Å². The average molecular weight is 320 g/mol. The SMILES string of the molecule is O=C1C=C(c2ccc(Cl)cc2)C(C(=O)NC2CCCCC2)O1. The second kappa shape index (κ2) is 6.53. The summed E-state index contributed by atoms with van der Waals surface area (Å²) >= 11 is 5.88. The molecule has 1 unspecified atom stereocenters. The number of halogens is 1. The summed E-state index contributed by atoms with van der Waals surface area (Å²) in [6.45, 7) is 0. The minimum Gasteiger partial charge on any atom is -0.444 e. The van der Waals surface area contributed by atoms with Crippen molar-refractivity contribution < 1.29 is 14.3 Å². The van der Waals surface area contributed by atoms with Gasteiger partial charge in [-0.1, -0.05) is 43.0 Å². The van der Waals surface area contributed by atoms with Crippen molar-refractivity contribution >= 4 is 29.1 Å². The number of ether oxygens (including phenoxy) is 1. The highest BCUT2D eigenvalue weighted by molar-refractivity contribution is 6.30. The fourth-order valence-corrected chi connectivity index (χ4v) is 3.14. The molecule has 1 aromatic carbocycles. The number of hydrogen-bond acceptors (Lipinski definition) is 3. The first-order chi connectivity index (χ1) is 10.6. The highest BCUT2D eigenvalue weighted by Gasteiger charge is 2.34. The van der Waals surface area contributed by atoms with Gasteiger partial charge in [0.15, 0.2) is 0 Å². The van der Waals surface area contributed by atoms with E-state index in [1.165, 1.54) is 12.5 Å². The molecule has 1 heterocycles. The Morgan fingerprint density at radius 1 is 1.14 bits per heavy atom. The smallest absolute Gasteiger partial charge is 0.332 e. The van der Waals surface area contributed by atoms with Gasteiger partial charge in [-0.05, 0) is 30.5 Å². The van der Waals surface area contributed by atoms with E-state index in [9.17, 15) is 9.59 Å². The van der Waals surface area contributed by atoms with Gasteiger partial charge >= 0.3 is 5.97 Å². The predicted octanol–water partition coefficient (Wildman–Crippen LogP) is 3.10. The maximum absolute atomic E-state index is 12.5. The number of amides is 1. The van der Waals surface area contributed by atoms with E-state index >= 15 is 0 Å². The molecule has 0 bridgehead atoms. The Hall–Kier alpha value is -1.81. The Kier molecular flexibility index (Phi) is 4.48. The monoisotopic (exact) mass is 319 g/mol. The highest BCUT2D eigenvalue weighted by atomic mass is 35.5. The Bertz CT molecular complexity index is 603. The minimum atomic E-state index is -0.865. The van der Waals surface area contributed by atoms with Crippen LogP contribution in [0.1, 0.15) is 37.7 Å². The zero-order valence-electron chi connectivity index (χ0n) is 12.2. The number of benzene rings is 1. The lowest BCUT2D eigenvalue weighted by Crippen LogP contribution is -2.43. The maximum Gasteiger partial charge on any atom is 0.332 e. The summed E-state index contributed by atoms with van der Waals surface area (Å²) in [6, 6.07) is 7.23. The van der Waals surface area contributed by atoms with Crippen molar-refractivity contribution in [3.63, 3.8) is 0 Å². The molecule has 1 aromatic rings. The number of cyclic esters (lactones) is 1. The molecule has 5 heteroatoms. The number of rotatable bonds is 3. The van der Waals surface area contributed by atoms with Gasteiger partial charge in [0.2, 0.25) is 6.10 Å². The van der Waals surface area contributed by atoms with E-state index in [-0.39, 0.29) is 11.9 Å². The first-order valence-electron chi connectivity index (χ1n) is 7.62. The molecule has 1 aliphatic carbocycles. The Morgan fingerprint density at radius 3 is 2.50 bits per heavy atom. The first-order valence-corrected chi connectivity index (χ1v) is 8.00. The van der Waals surface area contributed by atoms with Crippen LogP contribution in [0.25, 0.3) is 5.57 Å². The number of carbonyl (C=O) groups excluding carboxylic acids is 2. The second-order valence-corrected chi connectivity index (χ2v) is 6.20. The fourth-order valence-electron chi connectivity index (χ4n) is 3.01. The van der Waals surface area contributed by atoms with Gasteiger partial charge in [0.05, 0.1) is 0 Å². The molecule has 0 saturated heterocycles. The molecule has 22 heavy (non-hydrogen) atoms. The van der Waals surface area contributed by atoms with Gasteiger partial charge in [-0.25, -0.2) is 4.79 Å². The third-order valence-corrected chi connectivity index (χ3v) is 4.41. The summed E-state index contributed by atoms with van der Waals surface area (Å²) in [6.07, 6.45) is 5.99.